The maximum Gasteiger partial charge on any atom is 0.352 e. The minimum atomic E-state index is -0.463. The minimum absolute atomic E-state index is 0. The van der Waals surface area contributed by atoms with Crippen molar-refractivity contribution in [2.45, 2.75) is 33.1 Å². The van der Waals surface area contributed by atoms with Crippen molar-refractivity contribution in [2.75, 3.05) is 0 Å². The van der Waals surface area contributed by atoms with Crippen molar-refractivity contribution in [3.8, 4) is 5.75 Å². The Kier molecular flexibility index (Phi) is 4.98. The van der Waals surface area contributed by atoms with Crippen molar-refractivity contribution >= 4 is 5.97 Å². The first-order valence-corrected chi connectivity index (χ1v) is 4.85. The van der Waals surface area contributed by atoms with Gasteiger partial charge in [0.05, 0.1) is 0 Å². The van der Waals surface area contributed by atoms with E-state index in [1.807, 2.05) is 12.1 Å². The van der Waals surface area contributed by atoms with Crippen molar-refractivity contribution < 1.29 is 14.6 Å². The maximum atomic E-state index is 10.5. The zero-order valence-electron chi connectivity index (χ0n) is 10.2. The summed E-state index contributed by atoms with van der Waals surface area (Å²) >= 11 is 0. The van der Waals surface area contributed by atoms with Crippen LogP contribution in [0.5, 0.6) is 5.75 Å². The molecular formula is C12H19NO3. The summed E-state index contributed by atoms with van der Waals surface area (Å²) in [5.74, 6) is 0.0631. The fraction of sp³-hybridized carbons (Fsp3) is 0.417. The van der Waals surface area contributed by atoms with Crippen molar-refractivity contribution in [3.63, 3.8) is 0 Å². The molecule has 0 amide bonds. The van der Waals surface area contributed by atoms with E-state index in [1.165, 1.54) is 12.5 Å². The molecule has 16 heavy (non-hydrogen) atoms. The zero-order chi connectivity index (χ0) is 11.5. The Morgan fingerprint density at radius 3 is 2.00 bits per heavy atom. The second-order valence-electron chi connectivity index (χ2n) is 4.43. The predicted molar refractivity (Wildman–Crippen MR) is 62.6 cm³/mol. The molecule has 0 radical (unpaired) electrons. The molecular weight excluding hydrogens is 206 g/mol. The fourth-order valence-electron chi connectivity index (χ4n) is 1.12. The second-order valence-corrected chi connectivity index (χ2v) is 4.43. The van der Waals surface area contributed by atoms with Gasteiger partial charge in [-0.25, -0.2) is 4.79 Å². The first kappa shape index (κ1) is 14.5. The van der Waals surface area contributed by atoms with Crippen LogP contribution in [0.4, 0.5) is 0 Å². The van der Waals surface area contributed by atoms with Crippen molar-refractivity contribution in [2.24, 2.45) is 0 Å². The van der Waals surface area contributed by atoms with Crippen LogP contribution in [0.2, 0.25) is 0 Å². The summed E-state index contributed by atoms with van der Waals surface area (Å²) in [5, 5.41) is 0. The van der Waals surface area contributed by atoms with Gasteiger partial charge < -0.3 is 6.15 Å². The van der Waals surface area contributed by atoms with E-state index in [9.17, 15) is 4.79 Å². The molecule has 0 bridgehead atoms. The van der Waals surface area contributed by atoms with Gasteiger partial charge in [0, 0.05) is 6.92 Å². The quantitative estimate of drug-likeness (QED) is 0.620. The number of rotatable bonds is 2. The van der Waals surface area contributed by atoms with Crippen molar-refractivity contribution in [1.29, 1.82) is 0 Å². The molecule has 0 aliphatic carbocycles. The Balaban J connectivity index is 0.00000225. The molecule has 90 valence electrons. The van der Waals surface area contributed by atoms with Crippen molar-refractivity contribution in [3.05, 3.63) is 29.8 Å². The Labute approximate surface area is 96.1 Å². The Morgan fingerprint density at radius 1 is 1.12 bits per heavy atom. The average Bonchev–Trinajstić information content (AvgIpc) is 2.14. The van der Waals surface area contributed by atoms with E-state index in [-0.39, 0.29) is 11.6 Å². The lowest BCUT2D eigenvalue weighted by Gasteiger charge is -2.18. The lowest BCUT2D eigenvalue weighted by atomic mass is 9.87. The molecule has 1 rings (SSSR count). The number of benzene rings is 1. The van der Waals surface area contributed by atoms with Crippen LogP contribution in [-0.2, 0) is 15.1 Å². The highest BCUT2D eigenvalue weighted by molar-refractivity contribution is 5.65. The molecule has 0 unspecified atom stereocenters. The molecule has 0 spiro atoms. The fourth-order valence-corrected chi connectivity index (χ4v) is 1.12. The van der Waals surface area contributed by atoms with E-state index in [0.29, 0.717) is 5.75 Å². The number of hydrogen-bond acceptors (Lipinski definition) is 4. The molecule has 1 aromatic carbocycles. The largest absolute Gasteiger partial charge is 0.352 e. The first-order chi connectivity index (χ1) is 6.89. The van der Waals surface area contributed by atoms with Gasteiger partial charge in [-0.1, -0.05) is 32.9 Å². The third kappa shape index (κ3) is 4.31. The van der Waals surface area contributed by atoms with Gasteiger partial charge in [-0.05, 0) is 23.1 Å². The SMILES string of the molecule is CC(=O)OOc1ccc(C(C)(C)C)cc1.N. The molecule has 0 fully saturated rings. The van der Waals surface area contributed by atoms with Gasteiger partial charge in [0.15, 0.2) is 5.75 Å². The summed E-state index contributed by atoms with van der Waals surface area (Å²) in [4.78, 5) is 19.7. The zero-order valence-corrected chi connectivity index (χ0v) is 10.2. The summed E-state index contributed by atoms with van der Waals surface area (Å²) in [6, 6.07) is 7.48. The van der Waals surface area contributed by atoms with Gasteiger partial charge in [0.1, 0.15) is 0 Å². The highest BCUT2D eigenvalue weighted by atomic mass is 17.2. The molecule has 0 saturated carbocycles. The summed E-state index contributed by atoms with van der Waals surface area (Å²) in [6.07, 6.45) is 0. The van der Waals surface area contributed by atoms with E-state index in [1.54, 1.807) is 12.1 Å². The Morgan fingerprint density at radius 2 is 1.62 bits per heavy atom. The van der Waals surface area contributed by atoms with Crippen LogP contribution in [0.25, 0.3) is 0 Å². The normalized spacial score (nSPS) is 10.2. The molecule has 0 aliphatic heterocycles. The van der Waals surface area contributed by atoms with Gasteiger partial charge in [-0.15, -0.1) is 0 Å². The molecule has 1 aromatic rings. The van der Waals surface area contributed by atoms with Gasteiger partial charge in [-0.3, -0.25) is 9.78 Å². The smallest absolute Gasteiger partial charge is 0.344 e. The summed E-state index contributed by atoms with van der Waals surface area (Å²) < 4.78 is 0. The number of carbonyl (C=O) groups is 1. The van der Waals surface area contributed by atoms with Crippen molar-refractivity contribution in [1.82, 2.24) is 6.15 Å². The molecule has 0 atom stereocenters. The van der Waals surface area contributed by atoms with Crippen LogP contribution in [0.3, 0.4) is 0 Å². The van der Waals surface area contributed by atoms with E-state index < -0.39 is 5.97 Å². The van der Waals surface area contributed by atoms with Crippen LogP contribution >= 0.6 is 0 Å². The predicted octanol–water partition coefficient (Wildman–Crippen LogP) is 3.00. The standard InChI is InChI=1S/C12H16O3.H3N/c1-9(13)14-15-11-7-5-10(6-8-11)12(2,3)4;/h5-8H,1-4H3;1H3. The molecule has 4 heteroatoms. The monoisotopic (exact) mass is 225 g/mol. The van der Waals surface area contributed by atoms with E-state index in [2.05, 4.69) is 25.7 Å². The molecule has 4 nitrogen and oxygen atoms in total. The van der Waals surface area contributed by atoms with Gasteiger partial charge >= 0.3 is 5.97 Å². The molecule has 0 saturated heterocycles. The number of carbonyl (C=O) groups excluding carboxylic acids is 1. The van der Waals surface area contributed by atoms with Gasteiger partial charge in [0.2, 0.25) is 0 Å². The molecule has 0 aromatic heterocycles. The van der Waals surface area contributed by atoms with Crippen LogP contribution in [0.1, 0.15) is 33.3 Å². The third-order valence-electron chi connectivity index (χ3n) is 1.98. The Bertz CT molecular complexity index is 338. The second kappa shape index (κ2) is 5.51. The third-order valence-corrected chi connectivity index (χ3v) is 1.98. The summed E-state index contributed by atoms with van der Waals surface area (Å²) in [7, 11) is 0. The van der Waals surface area contributed by atoms with Crippen LogP contribution in [-0.4, -0.2) is 5.97 Å². The maximum absolute atomic E-state index is 10.5. The average molecular weight is 225 g/mol. The Hall–Kier alpha value is -1.55. The molecule has 0 heterocycles. The van der Waals surface area contributed by atoms with E-state index in [0.717, 1.165) is 0 Å². The number of hydrogen-bond donors (Lipinski definition) is 1. The van der Waals surface area contributed by atoms with Crippen LogP contribution in [0, 0.1) is 0 Å². The summed E-state index contributed by atoms with van der Waals surface area (Å²) in [5.41, 5.74) is 1.32. The minimum Gasteiger partial charge on any atom is -0.344 e. The first-order valence-electron chi connectivity index (χ1n) is 4.85. The summed E-state index contributed by atoms with van der Waals surface area (Å²) in [6.45, 7) is 7.70. The highest BCUT2D eigenvalue weighted by Gasteiger charge is 2.13. The molecule has 0 aliphatic rings. The van der Waals surface area contributed by atoms with E-state index in [4.69, 9.17) is 4.89 Å². The lowest BCUT2D eigenvalue weighted by molar-refractivity contribution is -0.210. The lowest BCUT2D eigenvalue weighted by Crippen LogP contribution is -2.10. The van der Waals surface area contributed by atoms with Crippen LogP contribution in [0.15, 0.2) is 24.3 Å². The van der Waals surface area contributed by atoms with Gasteiger partial charge in [0.25, 0.3) is 0 Å². The highest BCUT2D eigenvalue weighted by Crippen LogP contribution is 2.24. The van der Waals surface area contributed by atoms with Gasteiger partial charge in [-0.2, -0.15) is 0 Å². The molecule has 3 N–H and O–H groups in total. The van der Waals surface area contributed by atoms with E-state index >= 15 is 0 Å². The van der Waals surface area contributed by atoms with Crippen LogP contribution < -0.4 is 11.0 Å². The topological polar surface area (TPSA) is 70.5 Å².